The topological polar surface area (TPSA) is 67.1 Å². The van der Waals surface area contributed by atoms with Crippen molar-refractivity contribution in [3.63, 3.8) is 0 Å². The Bertz CT molecular complexity index is 556. The Morgan fingerprint density at radius 3 is 2.78 bits per heavy atom. The van der Waals surface area contributed by atoms with Crippen molar-refractivity contribution >= 4 is 34.6 Å². The lowest BCUT2D eigenvalue weighted by Crippen LogP contribution is -2.08. The van der Waals surface area contributed by atoms with Gasteiger partial charge in [-0.15, -0.1) is 0 Å². The highest BCUT2D eigenvalue weighted by Gasteiger charge is 2.07. The van der Waals surface area contributed by atoms with E-state index in [2.05, 4.69) is 15.3 Å². The number of nitrogens with zero attached hydrogens (tertiary/aromatic N) is 3. The van der Waals surface area contributed by atoms with E-state index >= 15 is 0 Å². The van der Waals surface area contributed by atoms with Crippen LogP contribution in [0.15, 0.2) is 30.6 Å². The van der Waals surface area contributed by atoms with Crippen LogP contribution in [0.1, 0.15) is 0 Å². The Labute approximate surface area is 111 Å². The molecule has 0 saturated carbocycles. The molecule has 0 aliphatic heterocycles. The zero-order valence-corrected chi connectivity index (χ0v) is 10.9. The second-order valence-corrected chi connectivity index (χ2v) is 4.37. The molecule has 94 valence electrons. The summed E-state index contributed by atoms with van der Waals surface area (Å²) in [5.41, 5.74) is 7.59. The van der Waals surface area contributed by atoms with E-state index in [4.69, 9.17) is 17.3 Å². The van der Waals surface area contributed by atoms with Crippen molar-refractivity contribution in [1.29, 1.82) is 0 Å². The summed E-state index contributed by atoms with van der Waals surface area (Å²) in [6, 6.07) is 7.90. The van der Waals surface area contributed by atoms with Crippen molar-refractivity contribution in [3.8, 4) is 0 Å². The molecule has 0 saturated heterocycles. The summed E-state index contributed by atoms with van der Waals surface area (Å²) in [5.74, 6) is 0.762. The first kappa shape index (κ1) is 12.4. The minimum absolute atomic E-state index is 0.262. The highest BCUT2D eigenvalue weighted by Crippen LogP contribution is 2.27. The summed E-state index contributed by atoms with van der Waals surface area (Å²) in [5, 5.41) is 3.45. The van der Waals surface area contributed by atoms with Gasteiger partial charge in [0.1, 0.15) is 17.2 Å². The molecule has 1 heterocycles. The summed E-state index contributed by atoms with van der Waals surface area (Å²) in [7, 11) is 3.96. The van der Waals surface area contributed by atoms with Gasteiger partial charge >= 0.3 is 0 Å². The normalized spacial score (nSPS) is 10.2. The Morgan fingerprint density at radius 2 is 2.06 bits per heavy atom. The minimum atomic E-state index is 0.262. The first-order valence-corrected chi connectivity index (χ1v) is 5.76. The molecule has 0 atom stereocenters. The Morgan fingerprint density at radius 1 is 1.28 bits per heavy atom. The third kappa shape index (κ3) is 2.62. The summed E-state index contributed by atoms with van der Waals surface area (Å²) >= 11 is 6.02. The predicted molar refractivity (Wildman–Crippen MR) is 75.5 cm³/mol. The van der Waals surface area contributed by atoms with Crippen LogP contribution in [0.3, 0.4) is 0 Å². The lowest BCUT2D eigenvalue weighted by atomic mass is 10.2. The molecule has 6 heteroatoms. The van der Waals surface area contributed by atoms with Crippen molar-refractivity contribution < 1.29 is 0 Å². The molecule has 0 bridgehead atoms. The van der Waals surface area contributed by atoms with E-state index in [9.17, 15) is 0 Å². The molecule has 2 rings (SSSR count). The molecule has 0 aliphatic rings. The maximum Gasteiger partial charge on any atom is 0.154 e. The SMILES string of the molecule is CN(C)c1cccc(Nc2ncnc(N)c2Cl)c1. The fraction of sp³-hybridized carbons (Fsp3) is 0.167. The van der Waals surface area contributed by atoms with Crippen LogP contribution in [0, 0.1) is 0 Å². The third-order valence-electron chi connectivity index (χ3n) is 2.44. The molecular weight excluding hydrogens is 250 g/mol. The smallest absolute Gasteiger partial charge is 0.154 e. The van der Waals surface area contributed by atoms with Gasteiger partial charge in [0.05, 0.1) is 0 Å². The van der Waals surface area contributed by atoms with Crippen molar-refractivity contribution in [2.75, 3.05) is 30.0 Å². The number of nitrogen functional groups attached to an aromatic ring is 1. The zero-order chi connectivity index (χ0) is 13.1. The van der Waals surface area contributed by atoms with E-state index in [1.807, 2.05) is 43.3 Å². The van der Waals surface area contributed by atoms with Crippen molar-refractivity contribution in [3.05, 3.63) is 35.6 Å². The van der Waals surface area contributed by atoms with Gasteiger partial charge in [-0.2, -0.15) is 0 Å². The summed E-state index contributed by atoms with van der Waals surface area (Å²) in [6.07, 6.45) is 1.37. The van der Waals surface area contributed by atoms with E-state index in [1.54, 1.807) is 0 Å². The molecule has 0 amide bonds. The fourth-order valence-electron chi connectivity index (χ4n) is 1.47. The summed E-state index contributed by atoms with van der Waals surface area (Å²) < 4.78 is 0. The fourth-order valence-corrected chi connectivity index (χ4v) is 1.61. The van der Waals surface area contributed by atoms with Gasteiger partial charge in [-0.1, -0.05) is 17.7 Å². The highest BCUT2D eigenvalue weighted by molar-refractivity contribution is 6.35. The molecule has 0 unspecified atom stereocenters. The van der Waals surface area contributed by atoms with E-state index in [0.29, 0.717) is 10.8 Å². The minimum Gasteiger partial charge on any atom is -0.382 e. The van der Waals surface area contributed by atoms with Crippen LogP contribution in [0.2, 0.25) is 5.02 Å². The van der Waals surface area contributed by atoms with Crippen molar-refractivity contribution in [1.82, 2.24) is 9.97 Å². The average Bonchev–Trinajstić information content (AvgIpc) is 2.35. The molecule has 0 fully saturated rings. The molecular formula is C12H14ClN5. The molecule has 0 aliphatic carbocycles. The highest BCUT2D eigenvalue weighted by atomic mass is 35.5. The van der Waals surface area contributed by atoms with Gasteiger partial charge in [-0.05, 0) is 18.2 Å². The van der Waals surface area contributed by atoms with Crippen LogP contribution in [0.5, 0.6) is 0 Å². The van der Waals surface area contributed by atoms with E-state index in [-0.39, 0.29) is 5.82 Å². The molecule has 1 aromatic heterocycles. The number of aromatic nitrogens is 2. The Balaban J connectivity index is 2.28. The van der Waals surface area contributed by atoms with Crippen LogP contribution >= 0.6 is 11.6 Å². The number of rotatable bonds is 3. The van der Waals surface area contributed by atoms with E-state index in [1.165, 1.54) is 6.33 Å². The number of anilines is 4. The first-order valence-electron chi connectivity index (χ1n) is 5.38. The second-order valence-electron chi connectivity index (χ2n) is 3.99. The Kier molecular flexibility index (Phi) is 3.53. The number of nitrogens with two attached hydrogens (primary N) is 1. The molecule has 2 aromatic rings. The molecule has 3 N–H and O–H groups in total. The number of benzene rings is 1. The standard InChI is InChI=1S/C12H14ClN5/c1-18(2)9-5-3-4-8(6-9)17-12-10(13)11(14)15-7-16-12/h3-7H,1-2H3,(H3,14,15,16,17). The van der Waals surface area contributed by atoms with Gasteiger partial charge in [0, 0.05) is 25.5 Å². The van der Waals surface area contributed by atoms with E-state index < -0.39 is 0 Å². The maximum atomic E-state index is 6.02. The third-order valence-corrected chi connectivity index (χ3v) is 2.81. The van der Waals surface area contributed by atoms with Crippen molar-refractivity contribution in [2.45, 2.75) is 0 Å². The monoisotopic (exact) mass is 263 g/mol. The predicted octanol–water partition coefficient (Wildman–Crippen LogP) is 2.52. The average molecular weight is 264 g/mol. The van der Waals surface area contributed by atoms with Gasteiger partial charge in [0.25, 0.3) is 0 Å². The van der Waals surface area contributed by atoms with Crippen LogP contribution in [0.25, 0.3) is 0 Å². The van der Waals surface area contributed by atoms with Crippen LogP contribution in [-0.4, -0.2) is 24.1 Å². The lowest BCUT2D eigenvalue weighted by Gasteiger charge is -2.14. The van der Waals surface area contributed by atoms with Gasteiger partial charge in [0.2, 0.25) is 0 Å². The molecule has 0 radical (unpaired) electrons. The Hall–Kier alpha value is -2.01. The number of hydrogen-bond acceptors (Lipinski definition) is 5. The zero-order valence-electron chi connectivity index (χ0n) is 10.2. The summed E-state index contributed by atoms with van der Waals surface area (Å²) in [6.45, 7) is 0. The number of nitrogens with one attached hydrogen (secondary N) is 1. The maximum absolute atomic E-state index is 6.02. The second kappa shape index (κ2) is 5.10. The van der Waals surface area contributed by atoms with Crippen LogP contribution < -0.4 is 16.0 Å². The largest absolute Gasteiger partial charge is 0.382 e. The number of hydrogen-bond donors (Lipinski definition) is 2. The van der Waals surface area contributed by atoms with Gasteiger partial charge in [-0.3, -0.25) is 0 Å². The quantitative estimate of drug-likeness (QED) is 0.891. The molecule has 18 heavy (non-hydrogen) atoms. The van der Waals surface area contributed by atoms with Gasteiger partial charge < -0.3 is 16.0 Å². The van der Waals surface area contributed by atoms with Gasteiger partial charge in [-0.25, -0.2) is 9.97 Å². The number of halogens is 1. The van der Waals surface area contributed by atoms with Crippen LogP contribution in [-0.2, 0) is 0 Å². The van der Waals surface area contributed by atoms with Gasteiger partial charge in [0.15, 0.2) is 5.82 Å². The van der Waals surface area contributed by atoms with E-state index in [0.717, 1.165) is 11.4 Å². The van der Waals surface area contributed by atoms with Crippen molar-refractivity contribution in [2.24, 2.45) is 0 Å². The van der Waals surface area contributed by atoms with Crippen LogP contribution in [0.4, 0.5) is 23.0 Å². The molecule has 1 aromatic carbocycles. The molecule has 0 spiro atoms. The first-order chi connectivity index (χ1) is 8.58. The lowest BCUT2D eigenvalue weighted by molar-refractivity contribution is 1.13. The molecule has 5 nitrogen and oxygen atoms in total. The summed E-state index contributed by atoms with van der Waals surface area (Å²) in [4.78, 5) is 9.89.